The minimum Gasteiger partial charge on any atom is -0.329 e. The molecule has 0 spiro atoms. The van der Waals surface area contributed by atoms with E-state index in [1.807, 2.05) is 13.0 Å². The second-order valence-corrected chi connectivity index (χ2v) is 5.86. The molecule has 1 unspecified atom stereocenters. The molecule has 2 rings (SSSR count). The molecule has 0 saturated carbocycles. The van der Waals surface area contributed by atoms with Gasteiger partial charge in [-0.15, -0.1) is 0 Å². The Morgan fingerprint density at radius 3 is 2.72 bits per heavy atom. The largest absolute Gasteiger partial charge is 0.329 e. The van der Waals surface area contributed by atoms with Gasteiger partial charge in [-0.25, -0.2) is 4.39 Å². The Kier molecular flexibility index (Phi) is 3.74. The lowest BCUT2D eigenvalue weighted by atomic mass is 9.95. The number of aryl methyl sites for hydroxylation is 1. The van der Waals surface area contributed by atoms with Gasteiger partial charge in [-0.3, -0.25) is 4.90 Å². The van der Waals surface area contributed by atoms with Crippen molar-refractivity contribution in [3.8, 4) is 0 Å². The number of likely N-dealkylation sites (tertiary alicyclic amines) is 1. The number of hydrogen-bond acceptors (Lipinski definition) is 2. The van der Waals surface area contributed by atoms with Crippen molar-refractivity contribution in [2.45, 2.75) is 45.2 Å². The number of hydrogen-bond donors (Lipinski definition) is 1. The summed E-state index contributed by atoms with van der Waals surface area (Å²) in [5.74, 6) is -0.175. The third kappa shape index (κ3) is 2.43. The summed E-state index contributed by atoms with van der Waals surface area (Å²) in [5, 5.41) is 0. The average molecular weight is 250 g/mol. The molecule has 1 aliphatic heterocycles. The Morgan fingerprint density at radius 1 is 1.44 bits per heavy atom. The fraction of sp³-hybridized carbons (Fsp3) is 0.600. The monoisotopic (exact) mass is 250 g/mol. The number of benzene rings is 1. The van der Waals surface area contributed by atoms with E-state index in [1.54, 1.807) is 6.07 Å². The summed E-state index contributed by atoms with van der Waals surface area (Å²) < 4.78 is 13.5. The van der Waals surface area contributed by atoms with Crippen LogP contribution >= 0.6 is 0 Å². The molecule has 18 heavy (non-hydrogen) atoms. The molecule has 0 amide bonds. The summed E-state index contributed by atoms with van der Waals surface area (Å²) in [4.78, 5) is 2.43. The highest BCUT2D eigenvalue weighted by molar-refractivity contribution is 5.30. The molecular weight excluding hydrogens is 227 g/mol. The van der Waals surface area contributed by atoms with Crippen molar-refractivity contribution in [3.05, 3.63) is 35.1 Å². The summed E-state index contributed by atoms with van der Waals surface area (Å²) >= 11 is 0. The molecule has 1 saturated heterocycles. The van der Waals surface area contributed by atoms with Gasteiger partial charge in [0.2, 0.25) is 0 Å². The summed E-state index contributed by atoms with van der Waals surface area (Å²) in [7, 11) is 0. The minimum atomic E-state index is -0.175. The maximum Gasteiger partial charge on any atom is 0.123 e. The van der Waals surface area contributed by atoms with E-state index in [9.17, 15) is 4.39 Å². The van der Waals surface area contributed by atoms with Crippen LogP contribution in [0.2, 0.25) is 0 Å². The highest BCUT2D eigenvalue weighted by atomic mass is 19.1. The van der Waals surface area contributed by atoms with Gasteiger partial charge < -0.3 is 5.73 Å². The summed E-state index contributed by atoms with van der Waals surface area (Å²) in [6.07, 6.45) is 2.37. The Bertz CT molecular complexity index is 429. The summed E-state index contributed by atoms with van der Waals surface area (Å²) in [5.41, 5.74) is 8.27. The highest BCUT2D eigenvalue weighted by Crippen LogP contribution is 2.37. The van der Waals surface area contributed by atoms with Crippen LogP contribution in [0.4, 0.5) is 4.39 Å². The van der Waals surface area contributed by atoms with Crippen LogP contribution < -0.4 is 5.73 Å². The number of halogens is 1. The van der Waals surface area contributed by atoms with E-state index in [0.717, 1.165) is 17.7 Å². The summed E-state index contributed by atoms with van der Waals surface area (Å²) in [6, 6.07) is 5.12. The smallest absolute Gasteiger partial charge is 0.123 e. The molecule has 100 valence electrons. The van der Waals surface area contributed by atoms with Crippen molar-refractivity contribution in [1.82, 2.24) is 4.90 Å². The van der Waals surface area contributed by atoms with Crippen molar-refractivity contribution in [1.29, 1.82) is 0 Å². The molecule has 1 aromatic carbocycles. The molecule has 0 bridgehead atoms. The van der Waals surface area contributed by atoms with Crippen molar-refractivity contribution >= 4 is 0 Å². The van der Waals surface area contributed by atoms with Gasteiger partial charge in [0.15, 0.2) is 0 Å². The van der Waals surface area contributed by atoms with Crippen LogP contribution in [0.5, 0.6) is 0 Å². The Balaban J connectivity index is 2.36. The van der Waals surface area contributed by atoms with E-state index in [4.69, 9.17) is 5.73 Å². The zero-order valence-electron chi connectivity index (χ0n) is 11.5. The van der Waals surface area contributed by atoms with Crippen LogP contribution in [0.25, 0.3) is 0 Å². The predicted molar refractivity (Wildman–Crippen MR) is 73.0 cm³/mol. The van der Waals surface area contributed by atoms with Crippen molar-refractivity contribution in [2.24, 2.45) is 5.73 Å². The second kappa shape index (κ2) is 4.98. The van der Waals surface area contributed by atoms with Gasteiger partial charge in [0.25, 0.3) is 0 Å². The van der Waals surface area contributed by atoms with Gasteiger partial charge >= 0.3 is 0 Å². The molecule has 0 aromatic heterocycles. The Hall–Kier alpha value is -0.930. The van der Waals surface area contributed by atoms with E-state index < -0.39 is 0 Å². The molecule has 3 heteroatoms. The van der Waals surface area contributed by atoms with E-state index in [2.05, 4.69) is 18.7 Å². The Morgan fingerprint density at radius 2 is 2.17 bits per heavy atom. The molecule has 2 nitrogen and oxygen atoms in total. The number of nitrogens with zero attached hydrogens (tertiary/aromatic N) is 1. The lowest BCUT2D eigenvalue weighted by molar-refractivity contribution is 0.118. The minimum absolute atomic E-state index is 0.123. The van der Waals surface area contributed by atoms with Crippen LogP contribution in [-0.2, 0) is 0 Å². The fourth-order valence-electron chi connectivity index (χ4n) is 3.10. The SMILES string of the molecule is Cc1ccc(F)cc1C(CN)N1CCCC1(C)C. The van der Waals surface area contributed by atoms with Crippen LogP contribution in [-0.4, -0.2) is 23.5 Å². The van der Waals surface area contributed by atoms with Crippen LogP contribution in [0, 0.1) is 12.7 Å². The number of nitrogens with two attached hydrogens (primary N) is 1. The quantitative estimate of drug-likeness (QED) is 0.893. The molecule has 2 N–H and O–H groups in total. The van der Waals surface area contributed by atoms with Crippen LogP contribution in [0.15, 0.2) is 18.2 Å². The zero-order valence-corrected chi connectivity index (χ0v) is 11.5. The Labute approximate surface area is 109 Å². The highest BCUT2D eigenvalue weighted by Gasteiger charge is 2.37. The molecule has 1 heterocycles. The standard InChI is InChI=1S/C15H23FN2/c1-11-5-6-12(16)9-13(11)14(10-17)18-8-4-7-15(18,2)3/h5-6,9,14H,4,7-8,10,17H2,1-3H3. The molecule has 1 atom stereocenters. The van der Waals surface area contributed by atoms with Crippen molar-refractivity contribution < 1.29 is 4.39 Å². The molecule has 1 fully saturated rings. The first-order chi connectivity index (χ1) is 8.45. The van der Waals surface area contributed by atoms with Crippen LogP contribution in [0.3, 0.4) is 0 Å². The fourth-order valence-corrected chi connectivity index (χ4v) is 3.10. The maximum absolute atomic E-state index is 13.5. The average Bonchev–Trinajstić information content (AvgIpc) is 2.65. The van der Waals surface area contributed by atoms with E-state index in [1.165, 1.54) is 18.9 Å². The molecule has 0 radical (unpaired) electrons. The lowest BCUT2D eigenvalue weighted by Gasteiger charge is -2.38. The van der Waals surface area contributed by atoms with E-state index in [-0.39, 0.29) is 17.4 Å². The molecular formula is C15H23FN2. The van der Waals surface area contributed by atoms with Crippen LogP contribution in [0.1, 0.15) is 43.9 Å². The first-order valence-corrected chi connectivity index (χ1v) is 6.68. The van der Waals surface area contributed by atoms with E-state index in [0.29, 0.717) is 6.54 Å². The zero-order chi connectivity index (χ0) is 13.3. The van der Waals surface area contributed by atoms with Gasteiger partial charge in [0.1, 0.15) is 5.82 Å². The first kappa shape index (κ1) is 13.5. The van der Waals surface area contributed by atoms with Gasteiger partial charge in [0, 0.05) is 18.1 Å². The second-order valence-electron chi connectivity index (χ2n) is 5.86. The third-order valence-corrected chi connectivity index (χ3v) is 4.16. The lowest BCUT2D eigenvalue weighted by Crippen LogP contribution is -2.43. The summed E-state index contributed by atoms with van der Waals surface area (Å²) in [6.45, 7) is 8.10. The normalized spacial score (nSPS) is 21.2. The predicted octanol–water partition coefficient (Wildman–Crippen LogP) is 3.01. The van der Waals surface area contributed by atoms with Gasteiger partial charge in [0.05, 0.1) is 0 Å². The number of rotatable bonds is 3. The third-order valence-electron chi connectivity index (χ3n) is 4.16. The first-order valence-electron chi connectivity index (χ1n) is 6.68. The van der Waals surface area contributed by atoms with Gasteiger partial charge in [-0.2, -0.15) is 0 Å². The maximum atomic E-state index is 13.5. The van der Waals surface area contributed by atoms with Gasteiger partial charge in [-0.1, -0.05) is 6.07 Å². The van der Waals surface area contributed by atoms with Gasteiger partial charge in [-0.05, 0) is 63.4 Å². The molecule has 1 aliphatic rings. The molecule has 1 aromatic rings. The van der Waals surface area contributed by atoms with E-state index >= 15 is 0 Å². The van der Waals surface area contributed by atoms with Crippen molar-refractivity contribution in [3.63, 3.8) is 0 Å². The van der Waals surface area contributed by atoms with Crippen molar-refractivity contribution in [2.75, 3.05) is 13.1 Å². The topological polar surface area (TPSA) is 29.3 Å². The molecule has 0 aliphatic carbocycles.